The first kappa shape index (κ1) is 42.2. The molecule has 276 valence electrons. The van der Waals surface area contributed by atoms with Gasteiger partial charge in [0.05, 0.1) is 31.3 Å². The third-order valence-corrected chi connectivity index (χ3v) is 8.58. The number of nitrogen functional groups attached to an aromatic ring is 1. The number of rotatable bonds is 8. The van der Waals surface area contributed by atoms with E-state index in [1.807, 2.05) is 12.1 Å². The molecular formula is C34H31Cl3N8O6S2. The Balaban J connectivity index is 0.000000221. The summed E-state index contributed by atoms with van der Waals surface area (Å²) in [4.78, 5) is 56.8. The fourth-order valence-corrected chi connectivity index (χ4v) is 6.05. The van der Waals surface area contributed by atoms with Crippen molar-refractivity contribution in [1.82, 2.24) is 29.9 Å². The van der Waals surface area contributed by atoms with E-state index in [4.69, 9.17) is 60.7 Å². The van der Waals surface area contributed by atoms with Gasteiger partial charge in [-0.25, -0.2) is 15.0 Å². The highest BCUT2D eigenvalue weighted by atomic mass is 35.5. The molecule has 53 heavy (non-hydrogen) atoms. The van der Waals surface area contributed by atoms with Gasteiger partial charge in [-0.15, -0.1) is 22.7 Å². The number of halogens is 3. The van der Waals surface area contributed by atoms with Gasteiger partial charge in [0.1, 0.15) is 11.6 Å². The summed E-state index contributed by atoms with van der Waals surface area (Å²) in [7, 11) is 0. The molecule has 0 amide bonds. The third kappa shape index (κ3) is 15.9. The molecule has 0 saturated carbocycles. The molecule has 0 bridgehead atoms. The molecule has 0 spiro atoms. The van der Waals surface area contributed by atoms with Crippen molar-refractivity contribution < 1.29 is 29.7 Å². The number of nitrogens with one attached hydrogen (secondary N) is 1. The number of carboxylic acid groups (broad SMARTS) is 3. The van der Waals surface area contributed by atoms with Crippen LogP contribution in [0.15, 0.2) is 72.8 Å². The van der Waals surface area contributed by atoms with Gasteiger partial charge in [-0.1, -0.05) is 47.5 Å². The van der Waals surface area contributed by atoms with Crippen LogP contribution in [0, 0.1) is 13.8 Å². The number of carboxylic acids is 3. The lowest BCUT2D eigenvalue weighted by molar-refractivity contribution is -0.137. The summed E-state index contributed by atoms with van der Waals surface area (Å²) in [5.41, 5.74) is 8.33. The summed E-state index contributed by atoms with van der Waals surface area (Å²) in [5, 5.41) is 27.9. The van der Waals surface area contributed by atoms with E-state index in [1.54, 1.807) is 74.5 Å². The maximum absolute atomic E-state index is 10.7. The van der Waals surface area contributed by atoms with Crippen molar-refractivity contribution >= 4 is 92.7 Å². The molecule has 0 radical (unpaired) electrons. The molecule has 6 N–H and O–H groups in total. The second-order valence-electron chi connectivity index (χ2n) is 10.4. The molecule has 0 atom stereocenters. The van der Waals surface area contributed by atoms with Crippen molar-refractivity contribution in [3.63, 3.8) is 0 Å². The van der Waals surface area contributed by atoms with Crippen LogP contribution in [0.4, 0.5) is 17.3 Å². The van der Waals surface area contributed by atoms with Crippen LogP contribution < -0.4 is 11.1 Å². The largest absolute Gasteiger partial charge is 0.481 e. The Morgan fingerprint density at radius 1 is 0.642 bits per heavy atom. The molecule has 0 unspecified atom stereocenters. The van der Waals surface area contributed by atoms with Gasteiger partial charge in [-0.05, 0) is 85.1 Å². The van der Waals surface area contributed by atoms with E-state index in [2.05, 4.69) is 35.2 Å². The van der Waals surface area contributed by atoms with Gasteiger partial charge in [-0.3, -0.25) is 14.4 Å². The highest BCUT2D eigenvalue weighted by Gasteiger charge is 2.10. The summed E-state index contributed by atoms with van der Waals surface area (Å²) in [5.74, 6) is 0.230. The van der Waals surface area contributed by atoms with Gasteiger partial charge in [0.15, 0.2) is 11.6 Å². The molecule has 0 aliphatic carbocycles. The molecule has 0 saturated heterocycles. The summed E-state index contributed by atoms with van der Waals surface area (Å²) >= 11 is 20.3. The number of benzene rings is 2. The van der Waals surface area contributed by atoms with Crippen LogP contribution in [0.1, 0.15) is 29.7 Å². The molecule has 0 aliphatic heterocycles. The second kappa shape index (κ2) is 20.7. The highest BCUT2D eigenvalue weighted by Crippen LogP contribution is 2.30. The Hall–Kier alpha value is -5.26. The van der Waals surface area contributed by atoms with Crippen molar-refractivity contribution in [2.45, 2.75) is 33.6 Å². The lowest BCUT2D eigenvalue weighted by atomic mass is 10.1. The first-order chi connectivity index (χ1) is 25.1. The molecular weight excluding hydrogens is 787 g/mol. The van der Waals surface area contributed by atoms with E-state index in [0.717, 1.165) is 33.5 Å². The number of hydrogen-bond acceptors (Lipinski definition) is 13. The van der Waals surface area contributed by atoms with Crippen molar-refractivity contribution in [3.05, 3.63) is 110 Å². The van der Waals surface area contributed by atoms with Crippen LogP contribution in [0.25, 0.3) is 21.4 Å². The monoisotopic (exact) mass is 816 g/mol. The molecule has 14 nitrogen and oxygen atoms in total. The molecule has 6 rings (SSSR count). The number of carbonyl (C=O) groups is 3. The molecule has 6 aromatic rings. The summed E-state index contributed by atoms with van der Waals surface area (Å²) < 4.78 is 1.38. The first-order valence-electron chi connectivity index (χ1n) is 15.0. The van der Waals surface area contributed by atoms with E-state index < -0.39 is 17.9 Å². The number of nitrogens with zero attached hydrogens (tertiary/aromatic N) is 6. The van der Waals surface area contributed by atoms with Gasteiger partial charge in [-0.2, -0.15) is 15.0 Å². The minimum atomic E-state index is -0.858. The summed E-state index contributed by atoms with van der Waals surface area (Å²) in [6.45, 7) is 4.65. The summed E-state index contributed by atoms with van der Waals surface area (Å²) in [6, 6.07) is 21.2. The van der Waals surface area contributed by atoms with Crippen LogP contribution in [-0.2, 0) is 27.2 Å². The Labute approximate surface area is 326 Å². The highest BCUT2D eigenvalue weighted by molar-refractivity contribution is 7.19. The fraction of sp³-hybridized carbons (Fsp3) is 0.147. The number of aryl methyl sites for hydroxylation is 2. The van der Waals surface area contributed by atoms with Crippen LogP contribution >= 0.6 is 57.5 Å². The van der Waals surface area contributed by atoms with Crippen molar-refractivity contribution in [2.24, 2.45) is 0 Å². The van der Waals surface area contributed by atoms with Crippen LogP contribution in [0.5, 0.6) is 0 Å². The molecule has 0 fully saturated rings. The standard InChI is InChI=1S/C16H13ClN4O2S.C8H5Cl2N3S.C8H9NO2.C2H4O2/c1-9-18-15(12-6-7-13(17)24-12)21-16(19-9)20-11-4-2-10(3-5-11)8-14(22)23;1-4-11-7(13-8(10)12-4)5-2-3-6(9)14-5;9-7-3-1-6(2-4-7)5-8(10)11;1-2(3)4/h2-7H,8H2,1H3,(H,22,23)(H,18,19,20,21);2-3H,1H3;1-4H,5,9H2,(H,10,11);1H3,(H,3,4). The smallest absolute Gasteiger partial charge is 0.307 e. The lowest BCUT2D eigenvalue weighted by Gasteiger charge is -2.07. The SMILES string of the molecule is CC(=O)O.Cc1nc(Cl)nc(-c2ccc(Cl)s2)n1.Cc1nc(Nc2ccc(CC(=O)O)cc2)nc(-c2ccc(Cl)s2)n1.Nc1ccc(CC(=O)O)cc1. The first-order valence-corrected chi connectivity index (χ1v) is 17.8. The molecule has 4 aromatic heterocycles. The van der Waals surface area contributed by atoms with Gasteiger partial charge in [0.2, 0.25) is 11.2 Å². The lowest BCUT2D eigenvalue weighted by Crippen LogP contribution is -2.03. The normalized spacial score (nSPS) is 10.0. The van der Waals surface area contributed by atoms with Crippen LogP contribution in [0.3, 0.4) is 0 Å². The van der Waals surface area contributed by atoms with Gasteiger partial charge < -0.3 is 26.4 Å². The number of aliphatic carboxylic acids is 3. The van der Waals surface area contributed by atoms with Gasteiger partial charge in [0.25, 0.3) is 5.97 Å². The zero-order chi connectivity index (χ0) is 39.1. The fourth-order valence-electron chi connectivity index (χ4n) is 3.90. The predicted octanol–water partition coefficient (Wildman–Crippen LogP) is 8.13. The number of nitrogens with two attached hydrogens (primary N) is 1. The Kier molecular flexibility index (Phi) is 16.5. The molecule has 0 aliphatic rings. The number of hydrogen-bond donors (Lipinski definition) is 5. The number of anilines is 3. The third-order valence-electron chi connectivity index (χ3n) is 5.95. The quantitative estimate of drug-likeness (QED) is 0.0914. The summed E-state index contributed by atoms with van der Waals surface area (Å²) in [6.07, 6.45) is 0.0503. The van der Waals surface area contributed by atoms with Crippen molar-refractivity contribution in [3.8, 4) is 21.4 Å². The van der Waals surface area contributed by atoms with Gasteiger partial charge >= 0.3 is 11.9 Å². The second-order valence-corrected chi connectivity index (χ2v) is 14.2. The average molecular weight is 818 g/mol. The van der Waals surface area contributed by atoms with Gasteiger partial charge in [0, 0.05) is 18.3 Å². The van der Waals surface area contributed by atoms with E-state index in [9.17, 15) is 9.59 Å². The Morgan fingerprint density at radius 2 is 1.08 bits per heavy atom. The molecule has 4 heterocycles. The van der Waals surface area contributed by atoms with E-state index in [0.29, 0.717) is 43.6 Å². The topological polar surface area (TPSA) is 227 Å². The maximum atomic E-state index is 10.7. The van der Waals surface area contributed by atoms with E-state index in [1.165, 1.54) is 22.7 Å². The Bertz CT molecular complexity index is 2130. The van der Waals surface area contributed by atoms with Crippen molar-refractivity contribution in [1.29, 1.82) is 0 Å². The van der Waals surface area contributed by atoms with Crippen LogP contribution in [-0.4, -0.2) is 63.1 Å². The zero-order valence-corrected chi connectivity index (χ0v) is 32.0. The minimum Gasteiger partial charge on any atom is -0.481 e. The Morgan fingerprint density at radius 3 is 1.49 bits per heavy atom. The number of thiophene rings is 2. The number of aromatic nitrogens is 6. The molecule has 19 heteroatoms. The van der Waals surface area contributed by atoms with E-state index in [-0.39, 0.29) is 18.1 Å². The zero-order valence-electron chi connectivity index (χ0n) is 28.1. The minimum absolute atomic E-state index is 0.00553. The average Bonchev–Trinajstić information content (AvgIpc) is 3.70. The molecule has 2 aromatic carbocycles. The maximum Gasteiger partial charge on any atom is 0.307 e. The van der Waals surface area contributed by atoms with E-state index >= 15 is 0 Å². The van der Waals surface area contributed by atoms with Crippen LogP contribution in [0.2, 0.25) is 14.0 Å². The van der Waals surface area contributed by atoms with Crippen molar-refractivity contribution in [2.75, 3.05) is 11.1 Å². The predicted molar refractivity (Wildman–Crippen MR) is 207 cm³/mol.